The largest absolute Gasteiger partial charge is 0.495 e. The van der Waals surface area contributed by atoms with Crippen molar-refractivity contribution in [2.45, 2.75) is 11.3 Å². The number of carbonyl (C=O) groups is 1. The number of hydrogen-bond acceptors (Lipinski definition) is 4. The molecule has 1 N–H and O–H groups in total. The summed E-state index contributed by atoms with van der Waals surface area (Å²) < 4.78 is 30.9. The van der Waals surface area contributed by atoms with Gasteiger partial charge in [-0.1, -0.05) is 29.3 Å². The van der Waals surface area contributed by atoms with Gasteiger partial charge in [-0.3, -0.25) is 4.79 Å². The van der Waals surface area contributed by atoms with E-state index < -0.39 is 15.9 Å². The smallest absolute Gasteiger partial charge is 0.242 e. The van der Waals surface area contributed by atoms with E-state index in [1.54, 1.807) is 18.2 Å². The molecule has 0 aliphatic carbocycles. The lowest BCUT2D eigenvalue weighted by molar-refractivity contribution is -0.115. The number of methoxy groups -OCH3 is 1. The fourth-order valence-electron chi connectivity index (χ4n) is 2.21. The van der Waals surface area contributed by atoms with Gasteiger partial charge in [0.25, 0.3) is 0 Å². The zero-order valence-corrected chi connectivity index (χ0v) is 16.7. The third-order valence-electron chi connectivity index (χ3n) is 3.62. The van der Waals surface area contributed by atoms with Gasteiger partial charge in [0.15, 0.2) is 0 Å². The number of ether oxygens (including phenoxy) is 1. The molecule has 26 heavy (non-hydrogen) atoms. The summed E-state index contributed by atoms with van der Waals surface area (Å²) in [4.78, 5) is 12.4. The fraction of sp³-hybridized carbons (Fsp3) is 0.235. The number of carbonyl (C=O) groups excluding carboxylic acids is 1. The van der Waals surface area contributed by atoms with Gasteiger partial charge in [0.2, 0.25) is 15.9 Å². The van der Waals surface area contributed by atoms with Crippen molar-refractivity contribution in [2.24, 2.45) is 0 Å². The zero-order chi connectivity index (χ0) is 19.5. The topological polar surface area (TPSA) is 75.7 Å². The SMILES string of the molecule is COc1ccc(S(=O)(=O)N(C)C)cc1NC(=O)Cc1c(Cl)cccc1Cl. The van der Waals surface area contributed by atoms with Crippen molar-refractivity contribution in [1.29, 1.82) is 0 Å². The first-order chi connectivity index (χ1) is 12.2. The summed E-state index contributed by atoms with van der Waals surface area (Å²) in [6.45, 7) is 0. The Labute approximate surface area is 162 Å². The molecule has 0 aliphatic rings. The Balaban J connectivity index is 2.32. The minimum absolute atomic E-state index is 0.0365. The summed E-state index contributed by atoms with van der Waals surface area (Å²) in [6.07, 6.45) is -0.0632. The van der Waals surface area contributed by atoms with Crippen LogP contribution in [0.15, 0.2) is 41.3 Å². The Kier molecular flexibility index (Phi) is 6.52. The number of anilines is 1. The van der Waals surface area contributed by atoms with Crippen LogP contribution >= 0.6 is 23.2 Å². The van der Waals surface area contributed by atoms with Gasteiger partial charge >= 0.3 is 0 Å². The summed E-state index contributed by atoms with van der Waals surface area (Å²) >= 11 is 12.2. The van der Waals surface area contributed by atoms with Crippen molar-refractivity contribution < 1.29 is 17.9 Å². The van der Waals surface area contributed by atoms with E-state index in [0.717, 1.165) is 4.31 Å². The fourth-order valence-corrected chi connectivity index (χ4v) is 3.67. The van der Waals surface area contributed by atoms with E-state index in [1.165, 1.54) is 39.4 Å². The van der Waals surface area contributed by atoms with Gasteiger partial charge in [-0.05, 0) is 35.9 Å². The van der Waals surface area contributed by atoms with E-state index >= 15 is 0 Å². The first kappa shape index (κ1) is 20.5. The summed E-state index contributed by atoms with van der Waals surface area (Å²) in [7, 11) is 0.634. The number of halogens is 2. The summed E-state index contributed by atoms with van der Waals surface area (Å²) in [5.74, 6) is -0.0704. The van der Waals surface area contributed by atoms with E-state index in [9.17, 15) is 13.2 Å². The lowest BCUT2D eigenvalue weighted by Crippen LogP contribution is -2.22. The second kappa shape index (κ2) is 8.26. The Morgan fingerprint density at radius 2 is 1.77 bits per heavy atom. The normalized spacial score (nSPS) is 11.5. The van der Waals surface area contributed by atoms with Gasteiger partial charge in [-0.15, -0.1) is 0 Å². The molecule has 2 aromatic carbocycles. The number of sulfonamides is 1. The molecule has 2 rings (SSSR count). The average molecular weight is 417 g/mol. The molecular weight excluding hydrogens is 399 g/mol. The minimum atomic E-state index is -3.65. The molecule has 0 radical (unpaired) electrons. The molecule has 0 spiro atoms. The summed E-state index contributed by atoms with van der Waals surface area (Å²) in [5.41, 5.74) is 0.730. The highest BCUT2D eigenvalue weighted by molar-refractivity contribution is 7.89. The second-order valence-electron chi connectivity index (χ2n) is 5.57. The van der Waals surface area contributed by atoms with Crippen molar-refractivity contribution in [3.63, 3.8) is 0 Å². The van der Waals surface area contributed by atoms with Crippen molar-refractivity contribution >= 4 is 44.8 Å². The maximum absolute atomic E-state index is 12.4. The van der Waals surface area contributed by atoms with Crippen LogP contribution in [0.25, 0.3) is 0 Å². The molecule has 140 valence electrons. The van der Waals surface area contributed by atoms with Crippen LogP contribution in [0.4, 0.5) is 5.69 Å². The quantitative estimate of drug-likeness (QED) is 0.782. The molecule has 2 aromatic rings. The second-order valence-corrected chi connectivity index (χ2v) is 8.54. The van der Waals surface area contributed by atoms with Crippen LogP contribution < -0.4 is 10.1 Å². The molecule has 0 unspecified atom stereocenters. The van der Waals surface area contributed by atoms with Gasteiger partial charge in [0, 0.05) is 24.1 Å². The predicted molar refractivity (Wildman–Crippen MR) is 103 cm³/mol. The maximum atomic E-state index is 12.4. The highest BCUT2D eigenvalue weighted by Gasteiger charge is 2.20. The molecule has 1 amide bonds. The minimum Gasteiger partial charge on any atom is -0.495 e. The van der Waals surface area contributed by atoms with Crippen LogP contribution in [-0.2, 0) is 21.2 Å². The number of hydrogen-bond donors (Lipinski definition) is 1. The first-order valence-corrected chi connectivity index (χ1v) is 9.69. The highest BCUT2D eigenvalue weighted by Crippen LogP contribution is 2.30. The van der Waals surface area contributed by atoms with Crippen molar-refractivity contribution in [1.82, 2.24) is 4.31 Å². The van der Waals surface area contributed by atoms with E-state index in [-0.39, 0.29) is 17.0 Å². The molecule has 0 fully saturated rings. The number of benzene rings is 2. The van der Waals surface area contributed by atoms with Crippen molar-refractivity contribution in [3.05, 3.63) is 52.0 Å². The van der Waals surface area contributed by atoms with Crippen LogP contribution in [0.1, 0.15) is 5.56 Å². The van der Waals surface area contributed by atoms with Crippen LogP contribution in [0.5, 0.6) is 5.75 Å². The summed E-state index contributed by atoms with van der Waals surface area (Å²) in [5, 5.41) is 3.41. The van der Waals surface area contributed by atoms with Crippen LogP contribution in [0.2, 0.25) is 10.0 Å². The van der Waals surface area contributed by atoms with E-state index in [2.05, 4.69) is 5.32 Å². The van der Waals surface area contributed by atoms with Crippen LogP contribution in [-0.4, -0.2) is 39.8 Å². The zero-order valence-electron chi connectivity index (χ0n) is 14.4. The molecule has 0 atom stereocenters. The Morgan fingerprint density at radius 3 is 2.31 bits per heavy atom. The number of amides is 1. The third-order valence-corrected chi connectivity index (χ3v) is 6.14. The molecule has 0 bridgehead atoms. The van der Waals surface area contributed by atoms with Gasteiger partial charge in [-0.2, -0.15) is 0 Å². The number of rotatable bonds is 6. The molecule has 0 saturated heterocycles. The molecule has 6 nitrogen and oxygen atoms in total. The van der Waals surface area contributed by atoms with Crippen LogP contribution in [0.3, 0.4) is 0 Å². The summed E-state index contributed by atoms with van der Waals surface area (Å²) in [6, 6.07) is 9.20. The standard InChI is InChI=1S/C17H18Cl2N2O4S/c1-21(2)26(23,24)11-7-8-16(25-3)15(9-11)20-17(22)10-12-13(18)5-4-6-14(12)19/h4-9H,10H2,1-3H3,(H,20,22). The number of nitrogens with one attached hydrogen (secondary N) is 1. The molecule has 0 aliphatic heterocycles. The Hall–Kier alpha value is -1.80. The molecule has 0 saturated carbocycles. The lowest BCUT2D eigenvalue weighted by atomic mass is 10.1. The highest BCUT2D eigenvalue weighted by atomic mass is 35.5. The molecule has 0 heterocycles. The van der Waals surface area contributed by atoms with Gasteiger partial charge in [0.05, 0.1) is 24.1 Å². The van der Waals surface area contributed by atoms with Gasteiger partial charge in [-0.25, -0.2) is 12.7 Å². The van der Waals surface area contributed by atoms with Crippen molar-refractivity contribution in [3.8, 4) is 5.75 Å². The van der Waals surface area contributed by atoms with E-state index in [4.69, 9.17) is 27.9 Å². The van der Waals surface area contributed by atoms with Gasteiger partial charge in [0.1, 0.15) is 5.75 Å². The maximum Gasteiger partial charge on any atom is 0.242 e. The van der Waals surface area contributed by atoms with Crippen LogP contribution in [0, 0.1) is 0 Å². The van der Waals surface area contributed by atoms with Gasteiger partial charge < -0.3 is 10.1 Å². The Bertz CT molecular complexity index is 910. The number of nitrogens with zero attached hydrogens (tertiary/aromatic N) is 1. The van der Waals surface area contributed by atoms with E-state index in [1.807, 2.05) is 0 Å². The monoisotopic (exact) mass is 416 g/mol. The Morgan fingerprint density at radius 1 is 1.15 bits per heavy atom. The first-order valence-electron chi connectivity index (χ1n) is 7.50. The van der Waals surface area contributed by atoms with E-state index in [0.29, 0.717) is 21.4 Å². The predicted octanol–water partition coefficient (Wildman–Crippen LogP) is 3.43. The molecule has 0 aromatic heterocycles. The van der Waals surface area contributed by atoms with Crippen molar-refractivity contribution in [2.75, 3.05) is 26.5 Å². The third kappa shape index (κ3) is 4.48. The lowest BCUT2D eigenvalue weighted by Gasteiger charge is -2.15. The molecular formula is C17H18Cl2N2O4S. The average Bonchev–Trinajstić information content (AvgIpc) is 2.58. The molecule has 9 heteroatoms.